The highest BCUT2D eigenvalue weighted by atomic mass is 14.1. The quantitative estimate of drug-likeness (QED) is 0.447. The maximum absolute atomic E-state index is 5.36. The van der Waals surface area contributed by atoms with E-state index in [4.69, 9.17) is 6.42 Å². The molecule has 18 heavy (non-hydrogen) atoms. The minimum atomic E-state index is 0.798. The molecule has 86 valence electrons. The molecule has 0 N–H and O–H groups in total. The number of terminal acetylenes is 1. The monoisotopic (exact) mass is 230 g/mol. The Balaban J connectivity index is 2.26. The van der Waals surface area contributed by atoms with Crippen molar-refractivity contribution in [1.29, 1.82) is 0 Å². The highest BCUT2D eigenvalue weighted by Crippen LogP contribution is 2.26. The molecule has 0 nitrogen and oxygen atoms in total. The van der Waals surface area contributed by atoms with Gasteiger partial charge in [0.15, 0.2) is 0 Å². The lowest BCUT2D eigenvalue weighted by Crippen LogP contribution is -1.86. The predicted octanol–water partition coefficient (Wildman–Crippen LogP) is 4.56. The molecule has 0 saturated carbocycles. The summed E-state index contributed by atoms with van der Waals surface area (Å²) in [7, 11) is 0. The molecule has 0 aliphatic carbocycles. The van der Waals surface area contributed by atoms with Crippen molar-refractivity contribution in [3.8, 4) is 12.3 Å². The molecular weight excluding hydrogens is 216 g/mol. The van der Waals surface area contributed by atoms with E-state index in [0.717, 1.165) is 12.8 Å². The molecule has 0 aliphatic heterocycles. The van der Waals surface area contributed by atoms with Gasteiger partial charge in [-0.3, -0.25) is 0 Å². The first-order chi connectivity index (χ1) is 8.88. The lowest BCUT2D eigenvalue weighted by molar-refractivity contribution is 1.04. The molecule has 0 spiro atoms. The predicted molar refractivity (Wildman–Crippen MR) is 78.6 cm³/mol. The number of hydrogen-bond acceptors (Lipinski definition) is 0. The number of rotatable bonds is 2. The Kier molecular flexibility index (Phi) is 2.74. The van der Waals surface area contributed by atoms with Gasteiger partial charge in [-0.15, -0.1) is 12.3 Å². The van der Waals surface area contributed by atoms with Crippen LogP contribution in [0.15, 0.2) is 54.6 Å². The average Bonchev–Trinajstić information content (AvgIpc) is 2.43. The van der Waals surface area contributed by atoms with Crippen LogP contribution in [0.25, 0.3) is 21.5 Å². The van der Waals surface area contributed by atoms with Crippen LogP contribution in [-0.2, 0) is 6.42 Å². The first kappa shape index (κ1) is 10.9. The van der Waals surface area contributed by atoms with Crippen LogP contribution >= 0.6 is 0 Å². The summed E-state index contributed by atoms with van der Waals surface area (Å²) in [5.41, 5.74) is 1.34. The van der Waals surface area contributed by atoms with Gasteiger partial charge in [0.1, 0.15) is 0 Å². The van der Waals surface area contributed by atoms with Gasteiger partial charge in [0.2, 0.25) is 0 Å². The van der Waals surface area contributed by atoms with Crippen LogP contribution < -0.4 is 0 Å². The van der Waals surface area contributed by atoms with Crippen molar-refractivity contribution in [1.82, 2.24) is 0 Å². The van der Waals surface area contributed by atoms with E-state index in [1.54, 1.807) is 0 Å². The van der Waals surface area contributed by atoms with Crippen LogP contribution in [0, 0.1) is 12.3 Å². The van der Waals surface area contributed by atoms with E-state index in [0.29, 0.717) is 0 Å². The Labute approximate surface area is 107 Å². The summed E-state index contributed by atoms with van der Waals surface area (Å²) in [5, 5.41) is 5.20. The van der Waals surface area contributed by atoms with E-state index in [9.17, 15) is 0 Å². The Morgan fingerprint density at radius 2 is 1.56 bits per heavy atom. The van der Waals surface area contributed by atoms with Gasteiger partial charge < -0.3 is 0 Å². The summed E-state index contributed by atoms with van der Waals surface area (Å²) in [6.07, 6.45) is 7.11. The summed E-state index contributed by atoms with van der Waals surface area (Å²) in [4.78, 5) is 0. The van der Waals surface area contributed by atoms with Gasteiger partial charge in [-0.2, -0.15) is 0 Å². The highest BCUT2D eigenvalue weighted by molar-refractivity contribution is 5.99. The van der Waals surface area contributed by atoms with Crippen molar-refractivity contribution in [2.75, 3.05) is 0 Å². The van der Waals surface area contributed by atoms with Gasteiger partial charge in [0.25, 0.3) is 0 Å². The van der Waals surface area contributed by atoms with Crippen molar-refractivity contribution in [3.05, 3.63) is 60.2 Å². The van der Waals surface area contributed by atoms with Crippen molar-refractivity contribution >= 4 is 21.5 Å². The highest BCUT2D eigenvalue weighted by Gasteiger charge is 2.02. The number of hydrogen-bond donors (Lipinski definition) is 0. The van der Waals surface area contributed by atoms with Gasteiger partial charge >= 0.3 is 0 Å². The van der Waals surface area contributed by atoms with E-state index in [1.165, 1.54) is 27.1 Å². The average molecular weight is 230 g/mol. The number of benzene rings is 3. The molecule has 3 aromatic rings. The SMILES string of the molecule is C#CCCc1cccc2cc3ccccc3cc12. The largest absolute Gasteiger partial charge is 0.120 e. The molecule has 3 rings (SSSR count). The van der Waals surface area contributed by atoms with Crippen LogP contribution in [0.1, 0.15) is 12.0 Å². The van der Waals surface area contributed by atoms with Crippen molar-refractivity contribution < 1.29 is 0 Å². The molecule has 0 unspecified atom stereocenters. The molecule has 0 fully saturated rings. The molecule has 0 radical (unpaired) electrons. The van der Waals surface area contributed by atoms with Gasteiger partial charge in [-0.05, 0) is 45.7 Å². The third kappa shape index (κ3) is 1.85. The molecule has 3 aromatic carbocycles. The first-order valence-electron chi connectivity index (χ1n) is 6.22. The lowest BCUT2D eigenvalue weighted by Gasteiger charge is -2.07. The molecule has 0 heteroatoms. The van der Waals surface area contributed by atoms with Crippen molar-refractivity contribution in [2.45, 2.75) is 12.8 Å². The van der Waals surface area contributed by atoms with Gasteiger partial charge in [-0.25, -0.2) is 0 Å². The number of fused-ring (bicyclic) bond motifs is 2. The Morgan fingerprint density at radius 1 is 0.833 bits per heavy atom. The summed E-state index contributed by atoms with van der Waals surface area (Å²) in [5.74, 6) is 2.72. The molecule has 0 heterocycles. The third-order valence-electron chi connectivity index (χ3n) is 3.38. The zero-order chi connectivity index (χ0) is 12.4. The summed E-state index contributed by atoms with van der Waals surface area (Å²) >= 11 is 0. The Bertz CT molecular complexity index is 745. The first-order valence-corrected chi connectivity index (χ1v) is 6.22. The van der Waals surface area contributed by atoms with Crippen LogP contribution in [0.3, 0.4) is 0 Å². The lowest BCUT2D eigenvalue weighted by atomic mass is 9.97. The van der Waals surface area contributed by atoms with E-state index in [-0.39, 0.29) is 0 Å². The summed E-state index contributed by atoms with van der Waals surface area (Å²) in [6.45, 7) is 0. The minimum absolute atomic E-state index is 0.798. The molecule has 0 amide bonds. The third-order valence-corrected chi connectivity index (χ3v) is 3.38. The topological polar surface area (TPSA) is 0 Å². The Hall–Kier alpha value is -2.26. The van der Waals surface area contributed by atoms with E-state index < -0.39 is 0 Å². The van der Waals surface area contributed by atoms with Crippen LogP contribution in [0.4, 0.5) is 0 Å². The van der Waals surface area contributed by atoms with Crippen molar-refractivity contribution in [2.24, 2.45) is 0 Å². The number of aryl methyl sites for hydroxylation is 1. The van der Waals surface area contributed by atoms with E-state index >= 15 is 0 Å². The smallest absolute Gasteiger partial charge is 0.0127 e. The second kappa shape index (κ2) is 4.55. The summed E-state index contributed by atoms with van der Waals surface area (Å²) < 4.78 is 0. The molecule has 0 bridgehead atoms. The fraction of sp³-hybridized carbons (Fsp3) is 0.111. The Morgan fingerprint density at radius 3 is 2.33 bits per heavy atom. The summed E-state index contributed by atoms with van der Waals surface area (Å²) in [6, 6.07) is 19.5. The standard InChI is InChI=1S/C18H14/c1-2-3-7-14-10-6-11-17-12-15-8-4-5-9-16(15)13-18(14)17/h1,4-6,8-13H,3,7H2. The van der Waals surface area contributed by atoms with Crippen LogP contribution in [-0.4, -0.2) is 0 Å². The van der Waals surface area contributed by atoms with Gasteiger partial charge in [0.05, 0.1) is 0 Å². The minimum Gasteiger partial charge on any atom is -0.120 e. The van der Waals surface area contributed by atoms with E-state index in [1.807, 2.05) is 0 Å². The van der Waals surface area contributed by atoms with Gasteiger partial charge in [-0.1, -0.05) is 42.5 Å². The zero-order valence-electron chi connectivity index (χ0n) is 10.2. The molecular formula is C18H14. The second-order valence-electron chi connectivity index (χ2n) is 4.54. The van der Waals surface area contributed by atoms with Gasteiger partial charge in [0, 0.05) is 6.42 Å². The maximum Gasteiger partial charge on any atom is 0.0127 e. The zero-order valence-corrected chi connectivity index (χ0v) is 10.2. The maximum atomic E-state index is 5.36. The molecule has 0 atom stereocenters. The van der Waals surface area contributed by atoms with Crippen molar-refractivity contribution in [3.63, 3.8) is 0 Å². The fourth-order valence-electron chi connectivity index (χ4n) is 2.46. The van der Waals surface area contributed by atoms with Crippen LogP contribution in [0.2, 0.25) is 0 Å². The van der Waals surface area contributed by atoms with Crippen LogP contribution in [0.5, 0.6) is 0 Å². The van der Waals surface area contributed by atoms with E-state index in [2.05, 4.69) is 60.5 Å². The fourth-order valence-corrected chi connectivity index (χ4v) is 2.46. The molecule has 0 saturated heterocycles. The second-order valence-corrected chi connectivity index (χ2v) is 4.54. The molecule has 0 aliphatic rings. The molecule has 0 aromatic heterocycles. The normalized spacial score (nSPS) is 10.6.